The first-order chi connectivity index (χ1) is 7.43. The van der Waals surface area contributed by atoms with Crippen molar-refractivity contribution in [3.05, 3.63) is 48.3 Å². The summed E-state index contributed by atoms with van der Waals surface area (Å²) in [5.74, 6) is 2.28. The molecule has 0 N–H and O–H groups in total. The number of ether oxygens (including phenoxy) is 2. The molecule has 74 valence electrons. The molecule has 0 radical (unpaired) electrons. The SMILES string of the molecule is c1ccc2c(c1)OCc1ccncc1O2. The van der Waals surface area contributed by atoms with Gasteiger partial charge in [0.15, 0.2) is 17.2 Å². The van der Waals surface area contributed by atoms with Crippen LogP contribution in [0, 0.1) is 0 Å². The maximum absolute atomic E-state index is 5.71. The van der Waals surface area contributed by atoms with Crippen molar-refractivity contribution in [2.45, 2.75) is 6.61 Å². The number of hydrogen-bond acceptors (Lipinski definition) is 3. The summed E-state index contributed by atoms with van der Waals surface area (Å²) in [4.78, 5) is 4.03. The van der Waals surface area contributed by atoms with E-state index in [9.17, 15) is 0 Å². The van der Waals surface area contributed by atoms with E-state index in [2.05, 4.69) is 4.98 Å². The van der Waals surface area contributed by atoms with Gasteiger partial charge in [0.2, 0.25) is 0 Å². The molecule has 1 aliphatic rings. The van der Waals surface area contributed by atoms with Crippen LogP contribution < -0.4 is 9.47 Å². The van der Waals surface area contributed by atoms with Crippen molar-refractivity contribution < 1.29 is 9.47 Å². The maximum Gasteiger partial charge on any atom is 0.169 e. The van der Waals surface area contributed by atoms with Crippen LogP contribution in [-0.4, -0.2) is 4.98 Å². The van der Waals surface area contributed by atoms with Crippen LogP contribution in [0.2, 0.25) is 0 Å². The Morgan fingerprint density at radius 3 is 2.80 bits per heavy atom. The Labute approximate surface area is 87.3 Å². The van der Waals surface area contributed by atoms with Crippen LogP contribution >= 0.6 is 0 Å². The van der Waals surface area contributed by atoms with Crippen LogP contribution in [0.15, 0.2) is 42.7 Å². The summed E-state index contributed by atoms with van der Waals surface area (Å²) in [5, 5.41) is 0. The number of nitrogens with zero attached hydrogens (tertiary/aromatic N) is 1. The fourth-order valence-corrected chi connectivity index (χ4v) is 1.55. The summed E-state index contributed by atoms with van der Waals surface area (Å²) in [7, 11) is 0. The predicted molar refractivity (Wildman–Crippen MR) is 55.1 cm³/mol. The molecule has 0 saturated heterocycles. The number of benzene rings is 1. The highest BCUT2D eigenvalue weighted by atomic mass is 16.5. The minimum absolute atomic E-state index is 0.523. The van der Waals surface area contributed by atoms with Crippen LogP contribution in [0.1, 0.15) is 5.56 Å². The molecule has 3 nitrogen and oxygen atoms in total. The monoisotopic (exact) mass is 199 g/mol. The maximum atomic E-state index is 5.71. The van der Waals surface area contributed by atoms with E-state index in [1.165, 1.54) is 0 Å². The average Bonchev–Trinajstić information content (AvgIpc) is 2.48. The predicted octanol–water partition coefficient (Wildman–Crippen LogP) is 2.77. The molecular formula is C12H9NO2. The first-order valence-electron chi connectivity index (χ1n) is 4.76. The van der Waals surface area contributed by atoms with Gasteiger partial charge >= 0.3 is 0 Å². The Hall–Kier alpha value is -2.03. The number of rotatable bonds is 0. The number of hydrogen-bond donors (Lipinski definition) is 0. The lowest BCUT2D eigenvalue weighted by molar-refractivity contribution is 0.307. The standard InChI is InChI=1S/C12H9NO2/c1-2-4-11-10(3-1)14-8-9-5-6-13-7-12(9)15-11/h1-7H,8H2. The van der Waals surface area contributed by atoms with E-state index in [0.717, 1.165) is 22.8 Å². The lowest BCUT2D eigenvalue weighted by Gasteiger charge is -2.05. The fraction of sp³-hybridized carbons (Fsp3) is 0.0833. The number of aromatic nitrogens is 1. The molecule has 15 heavy (non-hydrogen) atoms. The molecule has 2 aromatic rings. The normalized spacial score (nSPS) is 12.8. The molecule has 1 aliphatic heterocycles. The van der Waals surface area contributed by atoms with Gasteiger partial charge in [0.05, 0.1) is 6.20 Å². The molecule has 0 bridgehead atoms. The second-order valence-corrected chi connectivity index (χ2v) is 3.32. The summed E-state index contributed by atoms with van der Waals surface area (Å²) in [6.45, 7) is 0.523. The number of fused-ring (bicyclic) bond motifs is 2. The van der Waals surface area contributed by atoms with Crippen molar-refractivity contribution in [1.29, 1.82) is 0 Å². The number of pyridine rings is 1. The Morgan fingerprint density at radius 2 is 1.87 bits per heavy atom. The molecule has 3 heteroatoms. The molecule has 0 atom stereocenters. The van der Waals surface area contributed by atoms with Gasteiger partial charge in [-0.25, -0.2) is 0 Å². The van der Waals surface area contributed by atoms with Crippen molar-refractivity contribution in [2.75, 3.05) is 0 Å². The van der Waals surface area contributed by atoms with E-state index >= 15 is 0 Å². The molecular weight excluding hydrogens is 190 g/mol. The molecule has 3 rings (SSSR count). The third-order valence-electron chi connectivity index (χ3n) is 2.32. The lowest BCUT2D eigenvalue weighted by atomic mass is 10.3. The molecule has 0 amide bonds. The summed E-state index contributed by atoms with van der Waals surface area (Å²) in [6, 6.07) is 9.53. The molecule has 0 spiro atoms. The lowest BCUT2D eigenvalue weighted by Crippen LogP contribution is -1.93. The highest BCUT2D eigenvalue weighted by Gasteiger charge is 2.14. The largest absolute Gasteiger partial charge is 0.485 e. The zero-order chi connectivity index (χ0) is 10.1. The van der Waals surface area contributed by atoms with Gasteiger partial charge in [0.1, 0.15) is 6.61 Å². The van der Waals surface area contributed by atoms with Crippen LogP contribution in [0.4, 0.5) is 0 Å². The zero-order valence-electron chi connectivity index (χ0n) is 8.01. The average molecular weight is 199 g/mol. The third kappa shape index (κ3) is 1.42. The molecule has 0 unspecified atom stereocenters. The van der Waals surface area contributed by atoms with Gasteiger partial charge in [-0.2, -0.15) is 0 Å². The van der Waals surface area contributed by atoms with Gasteiger partial charge in [-0.15, -0.1) is 0 Å². The van der Waals surface area contributed by atoms with E-state index in [0.29, 0.717) is 6.61 Å². The van der Waals surface area contributed by atoms with Gasteiger partial charge in [0.25, 0.3) is 0 Å². The van der Waals surface area contributed by atoms with Crippen molar-refractivity contribution in [3.8, 4) is 17.2 Å². The summed E-state index contributed by atoms with van der Waals surface area (Å²) < 4.78 is 11.3. The first-order valence-corrected chi connectivity index (χ1v) is 4.76. The van der Waals surface area contributed by atoms with Crippen LogP contribution in [-0.2, 0) is 6.61 Å². The van der Waals surface area contributed by atoms with E-state index in [1.54, 1.807) is 12.4 Å². The molecule has 1 aromatic heterocycles. The van der Waals surface area contributed by atoms with Crippen LogP contribution in [0.5, 0.6) is 17.2 Å². The number of para-hydroxylation sites is 2. The summed E-state index contributed by atoms with van der Waals surface area (Å²) in [6.07, 6.45) is 3.45. The quantitative estimate of drug-likeness (QED) is 0.653. The second kappa shape index (κ2) is 3.28. The van der Waals surface area contributed by atoms with E-state index in [4.69, 9.17) is 9.47 Å². The molecule has 1 aromatic carbocycles. The first kappa shape index (κ1) is 8.29. The van der Waals surface area contributed by atoms with Gasteiger partial charge in [-0.05, 0) is 18.2 Å². The van der Waals surface area contributed by atoms with Crippen molar-refractivity contribution >= 4 is 0 Å². The fourth-order valence-electron chi connectivity index (χ4n) is 1.55. The zero-order valence-corrected chi connectivity index (χ0v) is 8.01. The Kier molecular flexibility index (Phi) is 1.81. The second-order valence-electron chi connectivity index (χ2n) is 3.32. The van der Waals surface area contributed by atoms with E-state index in [-0.39, 0.29) is 0 Å². The minimum Gasteiger partial charge on any atom is -0.485 e. The highest BCUT2D eigenvalue weighted by Crippen LogP contribution is 2.36. The topological polar surface area (TPSA) is 31.4 Å². The highest BCUT2D eigenvalue weighted by molar-refractivity contribution is 5.45. The van der Waals surface area contributed by atoms with Gasteiger partial charge in [-0.1, -0.05) is 12.1 Å². The van der Waals surface area contributed by atoms with Gasteiger partial charge < -0.3 is 9.47 Å². The molecule has 2 heterocycles. The summed E-state index contributed by atoms with van der Waals surface area (Å²) >= 11 is 0. The Balaban J connectivity index is 2.10. The third-order valence-corrected chi connectivity index (χ3v) is 2.32. The van der Waals surface area contributed by atoms with Crippen molar-refractivity contribution in [3.63, 3.8) is 0 Å². The van der Waals surface area contributed by atoms with E-state index < -0.39 is 0 Å². The smallest absolute Gasteiger partial charge is 0.169 e. The Bertz CT molecular complexity index is 451. The molecule has 0 aliphatic carbocycles. The molecule has 0 saturated carbocycles. The van der Waals surface area contributed by atoms with Crippen LogP contribution in [0.25, 0.3) is 0 Å². The van der Waals surface area contributed by atoms with Crippen molar-refractivity contribution in [2.24, 2.45) is 0 Å². The van der Waals surface area contributed by atoms with E-state index in [1.807, 2.05) is 30.3 Å². The summed E-state index contributed by atoms with van der Waals surface area (Å²) in [5.41, 5.74) is 1.02. The van der Waals surface area contributed by atoms with Gasteiger partial charge in [0, 0.05) is 11.8 Å². The Morgan fingerprint density at radius 1 is 1.00 bits per heavy atom. The minimum atomic E-state index is 0.523. The van der Waals surface area contributed by atoms with Crippen LogP contribution in [0.3, 0.4) is 0 Å². The van der Waals surface area contributed by atoms with Crippen molar-refractivity contribution in [1.82, 2.24) is 4.98 Å². The molecule has 0 fully saturated rings. The van der Waals surface area contributed by atoms with Gasteiger partial charge in [-0.3, -0.25) is 4.98 Å².